The summed E-state index contributed by atoms with van der Waals surface area (Å²) in [5.74, 6) is 0.671. The molecule has 0 aliphatic carbocycles. The van der Waals surface area contributed by atoms with Gasteiger partial charge in [0.05, 0.1) is 0 Å². The predicted molar refractivity (Wildman–Crippen MR) is 34.6 cm³/mol. The first kappa shape index (κ1) is 7.93. The smallest absolute Gasteiger partial charge is 0.100 e. The second-order valence-corrected chi connectivity index (χ2v) is 2.78. The van der Waals surface area contributed by atoms with Crippen LogP contribution >= 0.6 is 0 Å². The van der Waals surface area contributed by atoms with Crippen LogP contribution in [-0.4, -0.2) is 6.17 Å². The molecule has 0 saturated carbocycles. The lowest BCUT2D eigenvalue weighted by atomic mass is 9.94. The summed E-state index contributed by atoms with van der Waals surface area (Å²) >= 11 is 0. The average molecular weight is 118 g/mol. The molecule has 8 heavy (non-hydrogen) atoms. The van der Waals surface area contributed by atoms with E-state index in [9.17, 15) is 4.39 Å². The van der Waals surface area contributed by atoms with Crippen LogP contribution < -0.4 is 0 Å². The van der Waals surface area contributed by atoms with Gasteiger partial charge in [0, 0.05) is 0 Å². The van der Waals surface area contributed by atoms with Crippen LogP contribution in [0.3, 0.4) is 0 Å². The Hall–Kier alpha value is -0.0700. The van der Waals surface area contributed by atoms with E-state index in [1.807, 2.05) is 20.8 Å². The highest BCUT2D eigenvalue weighted by Gasteiger charge is 2.13. The van der Waals surface area contributed by atoms with Crippen molar-refractivity contribution in [3.05, 3.63) is 0 Å². The quantitative estimate of drug-likeness (QED) is 0.523. The van der Waals surface area contributed by atoms with E-state index in [0.29, 0.717) is 5.92 Å². The van der Waals surface area contributed by atoms with Gasteiger partial charge >= 0.3 is 0 Å². The third-order valence-electron chi connectivity index (χ3n) is 1.78. The summed E-state index contributed by atoms with van der Waals surface area (Å²) in [4.78, 5) is 0. The fourth-order valence-corrected chi connectivity index (χ4v) is 0.530. The molecule has 50 valence electrons. The Morgan fingerprint density at radius 1 is 1.00 bits per heavy atom. The number of alkyl halides is 1. The lowest BCUT2D eigenvalue weighted by Crippen LogP contribution is -2.14. The van der Waals surface area contributed by atoms with Gasteiger partial charge in [-0.15, -0.1) is 0 Å². The summed E-state index contributed by atoms with van der Waals surface area (Å²) in [6.45, 7) is 7.64. The van der Waals surface area contributed by atoms with Gasteiger partial charge in [-0.25, -0.2) is 4.39 Å². The molecule has 0 saturated heterocycles. The largest absolute Gasteiger partial charge is 0.247 e. The molecule has 0 heterocycles. The normalized spacial score (nSPS) is 18.8. The summed E-state index contributed by atoms with van der Waals surface area (Å²) in [5, 5.41) is 0. The lowest BCUT2D eigenvalue weighted by molar-refractivity contribution is 0.215. The summed E-state index contributed by atoms with van der Waals surface area (Å²) in [7, 11) is 0. The highest BCUT2D eigenvalue weighted by Crippen LogP contribution is 2.15. The predicted octanol–water partition coefficient (Wildman–Crippen LogP) is 2.64. The van der Waals surface area contributed by atoms with E-state index in [1.165, 1.54) is 0 Å². The molecule has 0 N–H and O–H groups in total. The molecule has 0 rings (SSSR count). The molecule has 0 amide bonds. The van der Waals surface area contributed by atoms with Gasteiger partial charge in [-0.2, -0.15) is 0 Å². The molecule has 0 nitrogen and oxygen atoms in total. The second kappa shape index (κ2) is 3.06. The Bertz CT molecular complexity index is 49.4. The fraction of sp³-hybridized carbons (Fsp3) is 1.00. The molecular formula is C7H15F. The van der Waals surface area contributed by atoms with Crippen LogP contribution in [-0.2, 0) is 0 Å². The summed E-state index contributed by atoms with van der Waals surface area (Å²) in [5.41, 5.74) is 0. The Balaban J connectivity index is 3.46. The number of hydrogen-bond donors (Lipinski definition) is 0. The first-order chi connectivity index (χ1) is 3.55. The van der Waals surface area contributed by atoms with E-state index >= 15 is 0 Å². The molecule has 1 heteroatoms. The molecule has 2 atom stereocenters. The van der Waals surface area contributed by atoms with Gasteiger partial charge in [0.2, 0.25) is 0 Å². The van der Waals surface area contributed by atoms with Crippen molar-refractivity contribution in [2.75, 3.05) is 0 Å². The minimum absolute atomic E-state index is 0.204. The van der Waals surface area contributed by atoms with Crippen molar-refractivity contribution in [2.45, 2.75) is 33.9 Å². The number of halogens is 1. The molecule has 0 fully saturated rings. The van der Waals surface area contributed by atoms with Crippen LogP contribution in [0.25, 0.3) is 0 Å². The fourth-order valence-electron chi connectivity index (χ4n) is 0.530. The topological polar surface area (TPSA) is 0 Å². The molecule has 0 aromatic heterocycles. The molecule has 0 bridgehead atoms. The van der Waals surface area contributed by atoms with E-state index < -0.39 is 6.17 Å². The number of hydrogen-bond acceptors (Lipinski definition) is 0. The van der Waals surface area contributed by atoms with Crippen LogP contribution in [0.2, 0.25) is 0 Å². The third kappa shape index (κ3) is 2.29. The molecule has 0 aromatic carbocycles. The van der Waals surface area contributed by atoms with E-state index in [1.54, 1.807) is 6.92 Å². The van der Waals surface area contributed by atoms with Crippen LogP contribution in [0.1, 0.15) is 27.7 Å². The standard InChI is InChI=1S/C7H15F/c1-5(2)6(3)7(4)8/h5-7H,1-4H3/t6-,7-/m1/s1. The van der Waals surface area contributed by atoms with Gasteiger partial charge in [-0.3, -0.25) is 0 Å². The van der Waals surface area contributed by atoms with Crippen LogP contribution in [0.4, 0.5) is 4.39 Å². The van der Waals surface area contributed by atoms with Crippen LogP contribution in [0.5, 0.6) is 0 Å². The Labute approximate surface area is 51.1 Å². The van der Waals surface area contributed by atoms with E-state index in [0.717, 1.165) is 0 Å². The SMILES string of the molecule is CC(C)[C@@H](C)[C@@H](C)F. The highest BCUT2D eigenvalue weighted by atomic mass is 19.1. The molecule has 0 unspecified atom stereocenters. The molecule has 0 aromatic rings. The van der Waals surface area contributed by atoms with Crippen molar-refractivity contribution in [3.8, 4) is 0 Å². The summed E-state index contributed by atoms with van der Waals surface area (Å²) in [6.07, 6.45) is -0.657. The zero-order valence-electron chi connectivity index (χ0n) is 6.11. The zero-order chi connectivity index (χ0) is 6.73. The summed E-state index contributed by atoms with van der Waals surface area (Å²) < 4.78 is 12.3. The van der Waals surface area contributed by atoms with Gasteiger partial charge in [-0.1, -0.05) is 20.8 Å². The zero-order valence-corrected chi connectivity index (χ0v) is 6.11. The maximum absolute atomic E-state index is 12.3. The Morgan fingerprint density at radius 2 is 1.38 bits per heavy atom. The third-order valence-corrected chi connectivity index (χ3v) is 1.78. The maximum Gasteiger partial charge on any atom is 0.100 e. The Kier molecular flexibility index (Phi) is 3.03. The van der Waals surface area contributed by atoms with Crippen LogP contribution in [0.15, 0.2) is 0 Å². The maximum atomic E-state index is 12.3. The first-order valence-corrected chi connectivity index (χ1v) is 3.19. The van der Waals surface area contributed by atoms with Gasteiger partial charge in [0.25, 0.3) is 0 Å². The van der Waals surface area contributed by atoms with E-state index in [2.05, 4.69) is 0 Å². The first-order valence-electron chi connectivity index (χ1n) is 3.19. The number of rotatable bonds is 2. The Morgan fingerprint density at radius 3 is 1.38 bits per heavy atom. The van der Waals surface area contributed by atoms with Crippen molar-refractivity contribution in [1.29, 1.82) is 0 Å². The molecule has 0 radical (unpaired) electrons. The van der Waals surface area contributed by atoms with Gasteiger partial charge in [0.15, 0.2) is 0 Å². The van der Waals surface area contributed by atoms with Crippen molar-refractivity contribution in [1.82, 2.24) is 0 Å². The molecular weight excluding hydrogens is 103 g/mol. The van der Waals surface area contributed by atoms with Gasteiger partial charge in [-0.05, 0) is 18.8 Å². The lowest BCUT2D eigenvalue weighted by Gasteiger charge is -2.15. The van der Waals surface area contributed by atoms with Crippen molar-refractivity contribution in [2.24, 2.45) is 11.8 Å². The van der Waals surface area contributed by atoms with Crippen LogP contribution in [0, 0.1) is 11.8 Å². The monoisotopic (exact) mass is 118 g/mol. The van der Waals surface area contributed by atoms with E-state index in [4.69, 9.17) is 0 Å². The van der Waals surface area contributed by atoms with Crippen molar-refractivity contribution in [3.63, 3.8) is 0 Å². The minimum Gasteiger partial charge on any atom is -0.247 e. The highest BCUT2D eigenvalue weighted by molar-refractivity contribution is 4.62. The molecule has 0 spiro atoms. The second-order valence-electron chi connectivity index (χ2n) is 2.78. The van der Waals surface area contributed by atoms with E-state index in [-0.39, 0.29) is 5.92 Å². The summed E-state index contributed by atoms with van der Waals surface area (Å²) in [6, 6.07) is 0. The minimum atomic E-state index is -0.657. The van der Waals surface area contributed by atoms with Crippen molar-refractivity contribution < 1.29 is 4.39 Å². The van der Waals surface area contributed by atoms with Gasteiger partial charge in [0.1, 0.15) is 6.17 Å². The molecule has 0 aliphatic rings. The van der Waals surface area contributed by atoms with Crippen molar-refractivity contribution >= 4 is 0 Å². The molecule has 0 aliphatic heterocycles. The average Bonchev–Trinajstić information content (AvgIpc) is 1.64. The van der Waals surface area contributed by atoms with Gasteiger partial charge < -0.3 is 0 Å².